The molecule has 0 unspecified atom stereocenters. The lowest BCUT2D eigenvalue weighted by Crippen LogP contribution is -2.52. The molecule has 1 aliphatic heterocycles. The van der Waals surface area contributed by atoms with Crippen molar-refractivity contribution in [1.82, 2.24) is 24.8 Å². The van der Waals surface area contributed by atoms with Crippen molar-refractivity contribution in [2.75, 3.05) is 38.6 Å². The zero-order valence-electron chi connectivity index (χ0n) is 15.7. The maximum absolute atomic E-state index is 12.5. The number of nitrogens with zero attached hydrogens (tertiary/aromatic N) is 5. The summed E-state index contributed by atoms with van der Waals surface area (Å²) in [4.78, 5) is 40.9. The van der Waals surface area contributed by atoms with Gasteiger partial charge in [-0.25, -0.2) is 19.6 Å². The van der Waals surface area contributed by atoms with Gasteiger partial charge in [0.15, 0.2) is 15.5 Å². The lowest BCUT2D eigenvalue weighted by atomic mass is 10.2. The van der Waals surface area contributed by atoms with E-state index < -0.39 is 5.60 Å². The maximum atomic E-state index is 12.5. The summed E-state index contributed by atoms with van der Waals surface area (Å²) >= 11 is 1.25. The highest BCUT2D eigenvalue weighted by Gasteiger charge is 2.28. The van der Waals surface area contributed by atoms with Crippen molar-refractivity contribution in [3.63, 3.8) is 0 Å². The fourth-order valence-electron chi connectivity index (χ4n) is 2.53. The highest BCUT2D eigenvalue weighted by atomic mass is 32.1. The van der Waals surface area contributed by atoms with Gasteiger partial charge >= 0.3 is 12.1 Å². The Balaban J connectivity index is 1.58. The van der Waals surface area contributed by atoms with E-state index in [0.29, 0.717) is 47.5 Å². The normalized spacial score (nSPS) is 15.0. The van der Waals surface area contributed by atoms with E-state index in [2.05, 4.69) is 20.3 Å². The van der Waals surface area contributed by atoms with Crippen LogP contribution in [0.4, 0.5) is 14.7 Å². The molecule has 0 bridgehead atoms. The van der Waals surface area contributed by atoms with Gasteiger partial charge in [-0.05, 0) is 20.8 Å². The number of urea groups is 1. The predicted molar refractivity (Wildman–Crippen MR) is 100 cm³/mol. The number of anilines is 1. The smallest absolute Gasteiger partial charge is 0.410 e. The van der Waals surface area contributed by atoms with Crippen LogP contribution in [0.2, 0.25) is 0 Å². The molecule has 11 heteroatoms. The van der Waals surface area contributed by atoms with Crippen molar-refractivity contribution in [3.05, 3.63) is 6.33 Å². The molecule has 0 atom stereocenters. The van der Waals surface area contributed by atoms with E-state index in [0.717, 1.165) is 0 Å². The second kappa shape index (κ2) is 7.51. The lowest BCUT2D eigenvalue weighted by molar-refractivity contribution is 0.0174. The van der Waals surface area contributed by atoms with Crippen LogP contribution in [0.15, 0.2) is 6.33 Å². The number of aromatic nitrogens is 3. The van der Waals surface area contributed by atoms with Gasteiger partial charge in [-0.1, -0.05) is 11.3 Å². The Labute approximate surface area is 160 Å². The quantitative estimate of drug-likeness (QED) is 0.831. The summed E-state index contributed by atoms with van der Waals surface area (Å²) in [6.45, 7) is 7.14. The SMILES string of the molecule is COc1ncnc2sc(NC(=O)N3CCN(C(=O)OC(C)(C)C)CC3)nc12. The number of rotatable bonds is 2. The first-order valence-electron chi connectivity index (χ1n) is 8.46. The van der Waals surface area contributed by atoms with Crippen molar-refractivity contribution in [1.29, 1.82) is 0 Å². The standard InChI is InChI=1S/C16H22N6O4S/c1-16(2,3)26-15(24)22-7-5-21(6-8-22)14(23)20-13-19-10-11(25-4)17-9-18-12(10)27-13/h9H,5-8H2,1-4H3,(H,19,20,23). The van der Waals surface area contributed by atoms with Gasteiger partial charge in [0.2, 0.25) is 5.88 Å². The molecule has 1 fully saturated rings. The highest BCUT2D eigenvalue weighted by molar-refractivity contribution is 7.22. The molecular weight excluding hydrogens is 372 g/mol. The average Bonchev–Trinajstić information content (AvgIpc) is 3.02. The topological polar surface area (TPSA) is 110 Å². The van der Waals surface area contributed by atoms with Gasteiger partial charge in [-0.15, -0.1) is 0 Å². The number of carbonyl (C=O) groups is 2. The number of amides is 3. The largest absolute Gasteiger partial charge is 0.479 e. The molecule has 2 aromatic rings. The highest BCUT2D eigenvalue weighted by Crippen LogP contribution is 2.29. The van der Waals surface area contributed by atoms with Gasteiger partial charge in [0.1, 0.15) is 11.9 Å². The van der Waals surface area contributed by atoms with Gasteiger partial charge in [0.25, 0.3) is 0 Å². The number of thiazole rings is 1. The molecule has 0 aliphatic carbocycles. The van der Waals surface area contributed by atoms with Crippen molar-refractivity contribution < 1.29 is 19.1 Å². The minimum Gasteiger partial charge on any atom is -0.479 e. The van der Waals surface area contributed by atoms with E-state index in [9.17, 15) is 9.59 Å². The molecule has 1 aliphatic rings. The molecule has 0 spiro atoms. The fourth-order valence-corrected chi connectivity index (χ4v) is 3.31. The molecule has 3 heterocycles. The van der Waals surface area contributed by atoms with E-state index in [1.54, 1.807) is 9.80 Å². The first-order chi connectivity index (χ1) is 12.8. The number of carbonyl (C=O) groups excluding carboxylic acids is 2. The Kier molecular flexibility index (Phi) is 5.31. The summed E-state index contributed by atoms with van der Waals surface area (Å²) < 4.78 is 10.5. The van der Waals surface area contributed by atoms with E-state index in [1.165, 1.54) is 24.8 Å². The number of hydrogen-bond donors (Lipinski definition) is 1. The zero-order chi connectivity index (χ0) is 19.6. The summed E-state index contributed by atoms with van der Waals surface area (Å²) in [6, 6.07) is -0.273. The van der Waals surface area contributed by atoms with Crippen LogP contribution in [-0.2, 0) is 4.74 Å². The Hall–Kier alpha value is -2.69. The maximum Gasteiger partial charge on any atom is 0.410 e. The van der Waals surface area contributed by atoms with Crippen LogP contribution in [0.1, 0.15) is 20.8 Å². The Morgan fingerprint density at radius 1 is 1.15 bits per heavy atom. The Morgan fingerprint density at radius 2 is 1.81 bits per heavy atom. The minimum atomic E-state index is -0.539. The van der Waals surface area contributed by atoms with E-state index in [1.807, 2.05) is 20.8 Å². The molecule has 1 N–H and O–H groups in total. The lowest BCUT2D eigenvalue weighted by Gasteiger charge is -2.35. The number of ether oxygens (including phenoxy) is 2. The van der Waals surface area contributed by atoms with Crippen molar-refractivity contribution in [2.24, 2.45) is 0 Å². The van der Waals surface area contributed by atoms with E-state index in [4.69, 9.17) is 9.47 Å². The molecule has 0 saturated carbocycles. The molecule has 0 aromatic carbocycles. The number of piperazine rings is 1. The van der Waals surface area contributed by atoms with Crippen LogP contribution in [0.25, 0.3) is 10.3 Å². The van der Waals surface area contributed by atoms with Crippen LogP contribution in [0.5, 0.6) is 5.88 Å². The van der Waals surface area contributed by atoms with Gasteiger partial charge in [-0.3, -0.25) is 5.32 Å². The number of hydrogen-bond acceptors (Lipinski definition) is 8. The van der Waals surface area contributed by atoms with Crippen molar-refractivity contribution >= 4 is 38.9 Å². The average molecular weight is 394 g/mol. The molecule has 1 saturated heterocycles. The first kappa shape index (κ1) is 19.1. The number of fused-ring (bicyclic) bond motifs is 1. The molecule has 3 amide bonds. The minimum absolute atomic E-state index is 0.273. The summed E-state index contributed by atoms with van der Waals surface area (Å²) in [6.07, 6.45) is 1.03. The molecule has 0 radical (unpaired) electrons. The second-order valence-corrected chi connectivity index (χ2v) is 7.92. The third-order valence-corrected chi connectivity index (χ3v) is 4.67. The van der Waals surface area contributed by atoms with Gasteiger partial charge in [-0.2, -0.15) is 4.98 Å². The Bertz CT molecular complexity index is 841. The first-order valence-corrected chi connectivity index (χ1v) is 9.28. The molecule has 146 valence electrons. The molecule has 27 heavy (non-hydrogen) atoms. The second-order valence-electron chi connectivity index (χ2n) is 6.94. The van der Waals surface area contributed by atoms with Crippen LogP contribution >= 0.6 is 11.3 Å². The summed E-state index contributed by atoms with van der Waals surface area (Å²) in [5.74, 6) is 0.364. The van der Waals surface area contributed by atoms with Gasteiger partial charge < -0.3 is 19.3 Å². The van der Waals surface area contributed by atoms with E-state index in [-0.39, 0.29) is 12.1 Å². The number of nitrogens with one attached hydrogen (secondary N) is 1. The van der Waals surface area contributed by atoms with Crippen LogP contribution in [-0.4, -0.2) is 75.8 Å². The van der Waals surface area contributed by atoms with Crippen molar-refractivity contribution in [3.8, 4) is 5.88 Å². The molecular formula is C16H22N6O4S. The van der Waals surface area contributed by atoms with Crippen LogP contribution in [0.3, 0.4) is 0 Å². The zero-order valence-corrected chi connectivity index (χ0v) is 16.5. The Morgan fingerprint density at radius 3 is 2.44 bits per heavy atom. The van der Waals surface area contributed by atoms with Crippen LogP contribution in [0, 0.1) is 0 Å². The third-order valence-electron chi connectivity index (χ3n) is 3.79. The third kappa shape index (κ3) is 4.54. The molecule has 2 aromatic heterocycles. The monoisotopic (exact) mass is 394 g/mol. The summed E-state index contributed by atoms with van der Waals surface area (Å²) in [5, 5.41) is 3.19. The summed E-state index contributed by atoms with van der Waals surface area (Å²) in [7, 11) is 1.50. The van der Waals surface area contributed by atoms with Crippen molar-refractivity contribution in [2.45, 2.75) is 26.4 Å². The van der Waals surface area contributed by atoms with Gasteiger partial charge in [0.05, 0.1) is 7.11 Å². The molecule has 10 nitrogen and oxygen atoms in total. The fraction of sp³-hybridized carbons (Fsp3) is 0.562. The number of methoxy groups -OCH3 is 1. The molecule has 3 rings (SSSR count). The van der Waals surface area contributed by atoms with Crippen LogP contribution < -0.4 is 10.1 Å². The predicted octanol–water partition coefficient (Wildman–Crippen LogP) is 2.18. The van der Waals surface area contributed by atoms with Gasteiger partial charge in [0, 0.05) is 26.2 Å². The van der Waals surface area contributed by atoms with E-state index >= 15 is 0 Å². The summed E-state index contributed by atoms with van der Waals surface area (Å²) in [5.41, 5.74) is -0.0300.